The van der Waals surface area contributed by atoms with Crippen molar-refractivity contribution in [2.75, 3.05) is 0 Å². The van der Waals surface area contributed by atoms with Gasteiger partial charge in [0.1, 0.15) is 0 Å². The zero-order chi connectivity index (χ0) is 30.3. The molecule has 0 saturated carbocycles. The van der Waals surface area contributed by atoms with Crippen LogP contribution in [0.2, 0.25) is 0 Å². The summed E-state index contributed by atoms with van der Waals surface area (Å²) in [7, 11) is 0. The maximum atomic E-state index is 2.47. The summed E-state index contributed by atoms with van der Waals surface area (Å²) < 4.78 is 0. The molecule has 252 valence electrons. The first kappa shape index (κ1) is 41.7. The highest BCUT2D eigenvalue weighted by atomic mass is 14.0. The Bertz CT molecular complexity index is 421. The van der Waals surface area contributed by atoms with Gasteiger partial charge in [0.05, 0.1) is 0 Å². The molecule has 0 aliphatic heterocycles. The fraction of sp³-hybridized carbons (Fsp3) is 0.952. The molecule has 0 fully saturated rings. The van der Waals surface area contributed by atoms with Crippen LogP contribution in [0, 0.1) is 0 Å². The van der Waals surface area contributed by atoms with Crippen molar-refractivity contribution < 1.29 is 0 Å². The molecule has 0 aromatic rings. The fourth-order valence-electron chi connectivity index (χ4n) is 6.56. The van der Waals surface area contributed by atoms with Gasteiger partial charge < -0.3 is 0 Å². The van der Waals surface area contributed by atoms with Crippen LogP contribution < -0.4 is 0 Å². The summed E-state index contributed by atoms with van der Waals surface area (Å²) in [6.07, 6.45) is 60.4. The first-order valence-electron chi connectivity index (χ1n) is 20.6. The highest BCUT2D eigenvalue weighted by Gasteiger charge is 1.96. The monoisotopic (exact) mass is 589 g/mol. The van der Waals surface area contributed by atoms with Crippen LogP contribution in [0.4, 0.5) is 0 Å². The number of unbranched alkanes of at least 4 members (excludes halogenated alkanes) is 36. The van der Waals surface area contributed by atoms with Crippen molar-refractivity contribution >= 4 is 0 Å². The summed E-state index contributed by atoms with van der Waals surface area (Å²) in [5.74, 6) is 0. The van der Waals surface area contributed by atoms with E-state index in [4.69, 9.17) is 0 Å². The molecule has 0 aromatic carbocycles. The third-order valence-corrected chi connectivity index (χ3v) is 9.62. The molecule has 0 radical (unpaired) electrons. The SMILES string of the molecule is CCCCCCCCCCCCCCCCCCCCC=CCCCCCCCCCCCCCCCCCCCC. The molecule has 0 saturated heterocycles. The maximum Gasteiger partial charge on any atom is -0.0351 e. The summed E-state index contributed by atoms with van der Waals surface area (Å²) >= 11 is 0. The minimum absolute atomic E-state index is 1.32. The molecule has 0 heteroatoms. The lowest BCUT2D eigenvalue weighted by atomic mass is 10.0. The van der Waals surface area contributed by atoms with Gasteiger partial charge in [0.25, 0.3) is 0 Å². The molecule has 0 N–H and O–H groups in total. The van der Waals surface area contributed by atoms with Crippen molar-refractivity contribution in [3.05, 3.63) is 12.2 Å². The van der Waals surface area contributed by atoms with Crippen LogP contribution >= 0.6 is 0 Å². The van der Waals surface area contributed by atoms with Gasteiger partial charge in [0, 0.05) is 0 Å². The third kappa shape index (κ3) is 39.7. The summed E-state index contributed by atoms with van der Waals surface area (Å²) in [4.78, 5) is 0. The quantitative estimate of drug-likeness (QED) is 0.0497. The second-order valence-electron chi connectivity index (χ2n) is 14.1. The lowest BCUT2D eigenvalue weighted by Crippen LogP contribution is -1.84. The fourth-order valence-corrected chi connectivity index (χ4v) is 6.56. The van der Waals surface area contributed by atoms with Gasteiger partial charge in [0.2, 0.25) is 0 Å². The Kier molecular flexibility index (Phi) is 40.5. The normalized spacial score (nSPS) is 11.8. The Labute approximate surface area is 269 Å². The summed E-state index contributed by atoms with van der Waals surface area (Å²) in [6.45, 7) is 4.62. The summed E-state index contributed by atoms with van der Waals surface area (Å²) in [5, 5.41) is 0. The first-order valence-corrected chi connectivity index (χ1v) is 20.6. The molecular weight excluding hydrogens is 504 g/mol. The van der Waals surface area contributed by atoms with Gasteiger partial charge in [-0.25, -0.2) is 0 Å². The predicted octanol–water partition coefficient (Wildman–Crippen LogP) is 16.4. The van der Waals surface area contributed by atoms with Crippen molar-refractivity contribution in [3.8, 4) is 0 Å². The second-order valence-corrected chi connectivity index (χ2v) is 14.1. The van der Waals surface area contributed by atoms with Crippen molar-refractivity contribution in [1.82, 2.24) is 0 Å². The van der Waals surface area contributed by atoms with Crippen LogP contribution in [0.25, 0.3) is 0 Å². The molecule has 0 bridgehead atoms. The van der Waals surface area contributed by atoms with Crippen LogP contribution in [-0.4, -0.2) is 0 Å². The number of rotatable bonds is 38. The van der Waals surface area contributed by atoms with Crippen molar-refractivity contribution in [2.45, 2.75) is 258 Å². The summed E-state index contributed by atoms with van der Waals surface area (Å²) in [5.41, 5.74) is 0. The molecule has 0 rings (SSSR count). The zero-order valence-electron chi connectivity index (χ0n) is 30.0. The van der Waals surface area contributed by atoms with Crippen LogP contribution in [0.5, 0.6) is 0 Å². The summed E-state index contributed by atoms with van der Waals surface area (Å²) in [6, 6.07) is 0. The smallest absolute Gasteiger partial charge is 0.0351 e. The van der Waals surface area contributed by atoms with E-state index in [9.17, 15) is 0 Å². The molecule has 0 aliphatic rings. The van der Waals surface area contributed by atoms with E-state index in [-0.39, 0.29) is 0 Å². The first-order chi connectivity index (χ1) is 20.9. The molecule has 0 unspecified atom stereocenters. The van der Waals surface area contributed by atoms with Crippen molar-refractivity contribution in [2.24, 2.45) is 0 Å². The van der Waals surface area contributed by atoms with E-state index in [1.54, 1.807) is 0 Å². The Morgan fingerprint density at radius 3 is 0.500 bits per heavy atom. The third-order valence-electron chi connectivity index (χ3n) is 9.62. The van der Waals surface area contributed by atoms with Gasteiger partial charge in [-0.1, -0.05) is 244 Å². The van der Waals surface area contributed by atoms with Crippen LogP contribution in [0.15, 0.2) is 12.2 Å². The van der Waals surface area contributed by atoms with E-state index in [1.165, 1.54) is 244 Å². The molecule has 0 aliphatic carbocycles. The van der Waals surface area contributed by atoms with Crippen LogP contribution in [-0.2, 0) is 0 Å². The predicted molar refractivity (Wildman–Crippen MR) is 196 cm³/mol. The van der Waals surface area contributed by atoms with Crippen LogP contribution in [0.1, 0.15) is 258 Å². The van der Waals surface area contributed by atoms with Gasteiger partial charge in [-0.05, 0) is 25.7 Å². The molecule has 0 heterocycles. The molecule has 0 spiro atoms. The molecule has 0 atom stereocenters. The van der Waals surface area contributed by atoms with Gasteiger partial charge in [-0.15, -0.1) is 0 Å². The highest BCUT2D eigenvalue weighted by Crippen LogP contribution is 2.16. The standard InChI is InChI=1S/C42H84/c1-3-5-7-9-11-13-15-17-19-21-23-25-27-29-31-33-35-37-39-41-42-40-38-36-34-32-30-28-26-24-22-20-18-16-14-12-10-8-6-4-2/h41-42H,3-40H2,1-2H3. The highest BCUT2D eigenvalue weighted by molar-refractivity contribution is 4.81. The Balaban J connectivity index is 3.08. The van der Waals surface area contributed by atoms with Crippen LogP contribution in [0.3, 0.4) is 0 Å². The lowest BCUT2D eigenvalue weighted by molar-refractivity contribution is 0.525. The average Bonchev–Trinajstić information content (AvgIpc) is 3.00. The molecular formula is C42H84. The molecule has 0 amide bonds. The molecule has 0 nitrogen and oxygen atoms in total. The number of hydrogen-bond acceptors (Lipinski definition) is 0. The van der Waals surface area contributed by atoms with E-state index < -0.39 is 0 Å². The van der Waals surface area contributed by atoms with E-state index in [1.807, 2.05) is 0 Å². The largest absolute Gasteiger partial charge is 0.0885 e. The van der Waals surface area contributed by atoms with E-state index in [2.05, 4.69) is 26.0 Å². The van der Waals surface area contributed by atoms with Gasteiger partial charge >= 0.3 is 0 Å². The number of hydrogen-bond donors (Lipinski definition) is 0. The number of allylic oxidation sites excluding steroid dienone is 2. The van der Waals surface area contributed by atoms with Gasteiger partial charge in [0.15, 0.2) is 0 Å². The molecule has 0 aromatic heterocycles. The maximum absolute atomic E-state index is 2.47. The van der Waals surface area contributed by atoms with Gasteiger partial charge in [-0.3, -0.25) is 0 Å². The zero-order valence-corrected chi connectivity index (χ0v) is 30.0. The van der Waals surface area contributed by atoms with E-state index in [0.29, 0.717) is 0 Å². The Hall–Kier alpha value is -0.260. The average molecular weight is 589 g/mol. The molecule has 42 heavy (non-hydrogen) atoms. The Morgan fingerprint density at radius 2 is 0.333 bits per heavy atom. The topological polar surface area (TPSA) is 0 Å². The van der Waals surface area contributed by atoms with Crippen molar-refractivity contribution in [3.63, 3.8) is 0 Å². The van der Waals surface area contributed by atoms with E-state index >= 15 is 0 Å². The lowest BCUT2D eigenvalue weighted by Gasteiger charge is -2.04. The van der Waals surface area contributed by atoms with Crippen molar-refractivity contribution in [1.29, 1.82) is 0 Å². The minimum atomic E-state index is 1.32. The second kappa shape index (κ2) is 40.7. The minimum Gasteiger partial charge on any atom is -0.0885 e. The van der Waals surface area contributed by atoms with Gasteiger partial charge in [-0.2, -0.15) is 0 Å². The Morgan fingerprint density at radius 1 is 0.190 bits per heavy atom. The van der Waals surface area contributed by atoms with E-state index in [0.717, 1.165) is 0 Å².